The van der Waals surface area contributed by atoms with Gasteiger partial charge in [-0.2, -0.15) is 0 Å². The van der Waals surface area contributed by atoms with Gasteiger partial charge in [0.2, 0.25) is 0 Å². The molecule has 0 fully saturated rings. The van der Waals surface area contributed by atoms with Crippen molar-refractivity contribution in [3.63, 3.8) is 0 Å². The predicted molar refractivity (Wildman–Crippen MR) is 51.2 cm³/mol. The van der Waals surface area contributed by atoms with E-state index in [1.165, 1.54) is 4.90 Å². The van der Waals surface area contributed by atoms with Gasteiger partial charge in [0.15, 0.2) is 0 Å². The molecule has 0 unspecified atom stereocenters. The van der Waals surface area contributed by atoms with Gasteiger partial charge in [0, 0.05) is 25.9 Å². The van der Waals surface area contributed by atoms with Crippen LogP contribution in [-0.4, -0.2) is 57.9 Å². The Morgan fingerprint density at radius 1 is 1.36 bits per heavy atom. The summed E-state index contributed by atoms with van der Waals surface area (Å²) in [6, 6.07) is 0. The number of hydrogen-bond donors (Lipinski definition) is 1. The first-order valence-corrected chi connectivity index (χ1v) is 6.29. The molecule has 0 amide bonds. The third-order valence-electron chi connectivity index (χ3n) is 1.62. The summed E-state index contributed by atoms with van der Waals surface area (Å²) in [6.07, 6.45) is -1.38. The molecule has 0 saturated heterocycles. The Labute approximate surface area is 83.0 Å². The van der Waals surface area contributed by atoms with Crippen LogP contribution in [0.3, 0.4) is 0 Å². The van der Waals surface area contributed by atoms with Crippen LogP contribution in [0.25, 0.3) is 0 Å². The van der Waals surface area contributed by atoms with Crippen LogP contribution >= 0.6 is 0 Å². The summed E-state index contributed by atoms with van der Waals surface area (Å²) in [5.41, 5.74) is 5.21. The van der Waals surface area contributed by atoms with Crippen molar-refractivity contribution < 1.29 is 17.2 Å². The predicted octanol–water partition coefficient (Wildman–Crippen LogP) is -0.443. The van der Waals surface area contributed by atoms with Crippen molar-refractivity contribution >= 4 is 9.84 Å². The Balaban J connectivity index is 3.96. The Morgan fingerprint density at radius 2 is 1.93 bits per heavy atom. The maximum absolute atomic E-state index is 12.0. The third kappa shape index (κ3) is 8.33. The molecule has 7 heteroatoms. The molecule has 0 rings (SSSR count). The summed E-state index contributed by atoms with van der Waals surface area (Å²) in [4.78, 5) is 1.35. The number of nitrogens with two attached hydrogens (primary N) is 1. The van der Waals surface area contributed by atoms with E-state index in [0.29, 0.717) is 6.54 Å². The minimum atomic E-state index is -3.10. The fourth-order valence-corrected chi connectivity index (χ4v) is 1.56. The summed E-state index contributed by atoms with van der Waals surface area (Å²) >= 11 is 0. The smallest absolute Gasteiger partial charge is 0.251 e. The molecule has 0 atom stereocenters. The van der Waals surface area contributed by atoms with Gasteiger partial charge in [0.05, 0.1) is 12.3 Å². The summed E-state index contributed by atoms with van der Waals surface area (Å²) < 4.78 is 45.6. The fraction of sp³-hybridized carbons (Fsp3) is 1.00. The van der Waals surface area contributed by atoms with E-state index in [4.69, 9.17) is 5.73 Å². The second-order valence-electron chi connectivity index (χ2n) is 3.11. The average Bonchev–Trinajstić information content (AvgIpc) is 1.98. The molecule has 0 aliphatic rings. The molecule has 0 spiro atoms. The van der Waals surface area contributed by atoms with Crippen LogP contribution in [0.15, 0.2) is 0 Å². The lowest BCUT2D eigenvalue weighted by atomic mass is 10.4. The maximum Gasteiger partial charge on any atom is 0.251 e. The Morgan fingerprint density at radius 3 is 2.29 bits per heavy atom. The normalized spacial score (nSPS) is 12.7. The van der Waals surface area contributed by atoms with Gasteiger partial charge in [-0.05, 0) is 0 Å². The Hall–Kier alpha value is -0.270. The van der Waals surface area contributed by atoms with Crippen LogP contribution in [0.1, 0.15) is 0 Å². The van der Waals surface area contributed by atoms with Crippen LogP contribution in [0.5, 0.6) is 0 Å². The monoisotopic (exact) mass is 230 g/mol. The zero-order valence-electron chi connectivity index (χ0n) is 8.12. The fourth-order valence-electron chi connectivity index (χ4n) is 0.967. The molecule has 2 N–H and O–H groups in total. The number of hydrogen-bond acceptors (Lipinski definition) is 4. The highest BCUT2D eigenvalue weighted by Gasteiger charge is 2.13. The third-order valence-corrected chi connectivity index (χ3v) is 2.54. The van der Waals surface area contributed by atoms with Crippen molar-refractivity contribution in [3.8, 4) is 0 Å². The number of halogens is 2. The number of sulfone groups is 1. The largest absolute Gasteiger partial charge is 0.329 e. The molecule has 14 heavy (non-hydrogen) atoms. The molecular weight excluding hydrogens is 214 g/mol. The van der Waals surface area contributed by atoms with E-state index in [9.17, 15) is 17.2 Å². The highest BCUT2D eigenvalue weighted by Crippen LogP contribution is 1.98. The van der Waals surface area contributed by atoms with Gasteiger partial charge >= 0.3 is 0 Å². The molecule has 0 aromatic rings. The van der Waals surface area contributed by atoms with Crippen molar-refractivity contribution in [2.75, 3.05) is 38.2 Å². The highest BCUT2D eigenvalue weighted by atomic mass is 32.2. The van der Waals surface area contributed by atoms with Gasteiger partial charge in [0.25, 0.3) is 6.43 Å². The van der Waals surface area contributed by atoms with Gasteiger partial charge in [-0.1, -0.05) is 0 Å². The highest BCUT2D eigenvalue weighted by molar-refractivity contribution is 7.90. The van der Waals surface area contributed by atoms with Gasteiger partial charge in [-0.25, -0.2) is 17.2 Å². The van der Waals surface area contributed by atoms with Crippen LogP contribution in [-0.2, 0) is 9.84 Å². The van der Waals surface area contributed by atoms with E-state index in [1.54, 1.807) is 0 Å². The van der Waals surface area contributed by atoms with Gasteiger partial charge in [0.1, 0.15) is 9.84 Å². The first-order chi connectivity index (χ1) is 6.35. The first kappa shape index (κ1) is 13.7. The Kier molecular flexibility index (Phi) is 6.14. The molecule has 0 aromatic heterocycles. The van der Waals surface area contributed by atoms with Crippen LogP contribution in [0.2, 0.25) is 0 Å². The lowest BCUT2D eigenvalue weighted by molar-refractivity contribution is 0.0926. The zero-order chi connectivity index (χ0) is 11.2. The SMILES string of the molecule is CS(=O)(=O)CCN(CCN)CC(F)F. The van der Waals surface area contributed by atoms with Crippen molar-refractivity contribution in [1.29, 1.82) is 0 Å². The molecule has 0 bridgehead atoms. The van der Waals surface area contributed by atoms with Crippen LogP contribution in [0.4, 0.5) is 8.78 Å². The molecule has 0 heterocycles. The molecule has 0 aliphatic heterocycles. The summed E-state index contributed by atoms with van der Waals surface area (Å²) in [5, 5.41) is 0. The average molecular weight is 230 g/mol. The van der Waals surface area contributed by atoms with Crippen LogP contribution < -0.4 is 5.73 Å². The van der Waals surface area contributed by atoms with Crippen molar-refractivity contribution in [2.24, 2.45) is 5.73 Å². The lowest BCUT2D eigenvalue weighted by Gasteiger charge is -2.20. The molecule has 0 radical (unpaired) electrons. The second kappa shape index (κ2) is 6.26. The molecule has 4 nitrogen and oxygen atoms in total. The van der Waals surface area contributed by atoms with E-state index in [2.05, 4.69) is 0 Å². The van der Waals surface area contributed by atoms with Crippen LogP contribution in [0, 0.1) is 0 Å². The minimum absolute atomic E-state index is 0.111. The standard InChI is InChI=1S/C7H16F2N2O2S/c1-14(12,13)5-4-11(3-2-10)6-7(8)9/h7H,2-6,10H2,1H3. The summed E-state index contributed by atoms with van der Waals surface area (Å²) in [5.74, 6) is -0.111. The molecule has 0 aliphatic carbocycles. The molecule has 0 saturated carbocycles. The minimum Gasteiger partial charge on any atom is -0.329 e. The second-order valence-corrected chi connectivity index (χ2v) is 5.37. The Bertz CT molecular complexity index is 244. The molecular formula is C7H16F2N2O2S. The van der Waals surface area contributed by atoms with Gasteiger partial charge in [-0.3, -0.25) is 4.90 Å². The maximum atomic E-state index is 12.0. The van der Waals surface area contributed by atoms with Crippen molar-refractivity contribution in [1.82, 2.24) is 4.90 Å². The van der Waals surface area contributed by atoms with E-state index in [0.717, 1.165) is 6.26 Å². The molecule has 86 valence electrons. The lowest BCUT2D eigenvalue weighted by Crippen LogP contribution is -2.36. The van der Waals surface area contributed by atoms with Crippen molar-refractivity contribution in [3.05, 3.63) is 0 Å². The van der Waals surface area contributed by atoms with E-state index >= 15 is 0 Å². The van der Waals surface area contributed by atoms with Gasteiger partial charge < -0.3 is 5.73 Å². The quantitative estimate of drug-likeness (QED) is 0.644. The number of nitrogens with zero attached hydrogens (tertiary/aromatic N) is 1. The van der Waals surface area contributed by atoms with Gasteiger partial charge in [-0.15, -0.1) is 0 Å². The topological polar surface area (TPSA) is 63.4 Å². The first-order valence-electron chi connectivity index (χ1n) is 4.23. The summed E-state index contributed by atoms with van der Waals surface area (Å²) in [7, 11) is -3.10. The van der Waals surface area contributed by atoms with E-state index < -0.39 is 22.8 Å². The van der Waals surface area contributed by atoms with E-state index in [-0.39, 0.29) is 18.8 Å². The number of alkyl halides is 2. The van der Waals surface area contributed by atoms with Crippen molar-refractivity contribution in [2.45, 2.75) is 6.43 Å². The summed E-state index contributed by atoms with van der Waals surface area (Å²) in [6.45, 7) is 0.226. The molecule has 0 aromatic carbocycles. The zero-order valence-corrected chi connectivity index (χ0v) is 8.93. The van der Waals surface area contributed by atoms with E-state index in [1.807, 2.05) is 0 Å². The number of rotatable bonds is 7.